The number of hydrogen-bond acceptors (Lipinski definition) is 3. The Morgan fingerprint density at radius 3 is 2.14 bits per heavy atom. The Morgan fingerprint density at radius 2 is 1.62 bits per heavy atom. The molecule has 6 heteroatoms. The van der Waals surface area contributed by atoms with Crippen molar-refractivity contribution in [1.29, 1.82) is 0 Å². The van der Waals surface area contributed by atoms with Gasteiger partial charge in [0.15, 0.2) is 5.75 Å². The van der Waals surface area contributed by atoms with Crippen molar-refractivity contribution in [3.05, 3.63) is 62.6 Å². The summed E-state index contributed by atoms with van der Waals surface area (Å²) in [6, 6.07) is 9.98. The normalized spacial score (nSPS) is 10.3. The van der Waals surface area contributed by atoms with E-state index in [1.54, 1.807) is 36.4 Å². The first-order valence-electron chi connectivity index (χ1n) is 5.96. The van der Waals surface area contributed by atoms with E-state index in [-0.39, 0.29) is 12.6 Å². The fraction of sp³-hybridized carbons (Fsp3) is 0.133. The van der Waals surface area contributed by atoms with Crippen LogP contribution in [-0.2, 0) is 11.3 Å². The standard InChI is InChI=1S/C15H11Cl3O3/c1-20-15(19)10-4-2-9(3-5-10)8-21-14-12(17)6-11(16)7-13(14)18/h2-7H,8H2,1H3. The van der Waals surface area contributed by atoms with Crippen molar-refractivity contribution in [2.24, 2.45) is 0 Å². The Kier molecular flexibility index (Phi) is 5.34. The maximum absolute atomic E-state index is 11.3. The Morgan fingerprint density at radius 1 is 1.05 bits per heavy atom. The van der Waals surface area contributed by atoms with Crippen molar-refractivity contribution < 1.29 is 14.3 Å². The lowest BCUT2D eigenvalue weighted by atomic mass is 10.1. The Labute approximate surface area is 137 Å². The van der Waals surface area contributed by atoms with Crippen LogP contribution < -0.4 is 4.74 Å². The van der Waals surface area contributed by atoms with Crippen molar-refractivity contribution in [3.63, 3.8) is 0 Å². The molecule has 0 atom stereocenters. The van der Waals surface area contributed by atoms with Gasteiger partial charge in [-0.2, -0.15) is 0 Å². The summed E-state index contributed by atoms with van der Waals surface area (Å²) >= 11 is 17.9. The summed E-state index contributed by atoms with van der Waals surface area (Å²) in [5.41, 5.74) is 1.34. The molecular weight excluding hydrogens is 335 g/mol. The van der Waals surface area contributed by atoms with Gasteiger partial charge in [-0.3, -0.25) is 0 Å². The number of methoxy groups -OCH3 is 1. The highest BCUT2D eigenvalue weighted by molar-refractivity contribution is 6.40. The Hall–Kier alpha value is -1.42. The second kappa shape index (κ2) is 7.03. The Bertz CT molecular complexity index is 631. The van der Waals surface area contributed by atoms with Crippen LogP contribution in [0.5, 0.6) is 5.75 Å². The zero-order valence-electron chi connectivity index (χ0n) is 11.0. The number of esters is 1. The Balaban J connectivity index is 2.08. The number of ether oxygens (including phenoxy) is 2. The number of carbonyl (C=O) groups is 1. The highest BCUT2D eigenvalue weighted by atomic mass is 35.5. The summed E-state index contributed by atoms with van der Waals surface area (Å²) in [7, 11) is 1.34. The number of carbonyl (C=O) groups excluding carboxylic acids is 1. The van der Waals surface area contributed by atoms with E-state index in [0.29, 0.717) is 26.4 Å². The van der Waals surface area contributed by atoms with Gasteiger partial charge in [-0.1, -0.05) is 46.9 Å². The van der Waals surface area contributed by atoms with Gasteiger partial charge in [-0.15, -0.1) is 0 Å². The molecule has 0 aromatic heterocycles. The molecule has 0 amide bonds. The molecule has 21 heavy (non-hydrogen) atoms. The number of benzene rings is 2. The summed E-state index contributed by atoms with van der Waals surface area (Å²) in [5.74, 6) is -0.00830. The lowest BCUT2D eigenvalue weighted by molar-refractivity contribution is 0.0600. The average Bonchev–Trinajstić information content (AvgIpc) is 2.46. The molecule has 0 aliphatic carbocycles. The predicted octanol–water partition coefficient (Wildman–Crippen LogP) is 5.01. The maximum Gasteiger partial charge on any atom is 0.337 e. The predicted molar refractivity (Wildman–Crippen MR) is 83.6 cm³/mol. The summed E-state index contributed by atoms with van der Waals surface area (Å²) < 4.78 is 10.2. The molecule has 0 radical (unpaired) electrons. The minimum Gasteiger partial charge on any atom is -0.486 e. The van der Waals surface area contributed by atoms with E-state index in [9.17, 15) is 4.79 Å². The van der Waals surface area contributed by atoms with Gasteiger partial charge >= 0.3 is 5.97 Å². The van der Waals surface area contributed by atoms with Crippen LogP contribution in [0.2, 0.25) is 15.1 Å². The van der Waals surface area contributed by atoms with E-state index in [1.807, 2.05) is 0 Å². The third kappa shape index (κ3) is 4.03. The number of halogens is 3. The highest BCUT2D eigenvalue weighted by Gasteiger charge is 2.10. The molecule has 2 aromatic carbocycles. The second-order valence-electron chi connectivity index (χ2n) is 4.18. The molecule has 2 aromatic rings. The van der Waals surface area contributed by atoms with Gasteiger partial charge in [0.25, 0.3) is 0 Å². The van der Waals surface area contributed by atoms with E-state index < -0.39 is 0 Å². The first kappa shape index (κ1) is 16.0. The molecule has 0 bridgehead atoms. The van der Waals surface area contributed by atoms with Gasteiger partial charge in [-0.25, -0.2) is 4.79 Å². The zero-order valence-corrected chi connectivity index (χ0v) is 13.3. The van der Waals surface area contributed by atoms with Gasteiger partial charge in [0.1, 0.15) is 6.61 Å². The van der Waals surface area contributed by atoms with Gasteiger partial charge in [-0.05, 0) is 29.8 Å². The van der Waals surface area contributed by atoms with Gasteiger partial charge in [0.2, 0.25) is 0 Å². The average molecular weight is 346 g/mol. The lowest BCUT2D eigenvalue weighted by Crippen LogP contribution is -2.02. The molecule has 0 unspecified atom stereocenters. The van der Waals surface area contributed by atoms with Crippen molar-refractivity contribution in [3.8, 4) is 5.75 Å². The van der Waals surface area contributed by atoms with Crippen LogP contribution in [0.1, 0.15) is 15.9 Å². The van der Waals surface area contributed by atoms with Crippen LogP contribution in [0.3, 0.4) is 0 Å². The smallest absolute Gasteiger partial charge is 0.337 e. The number of rotatable bonds is 4. The molecule has 2 rings (SSSR count). The largest absolute Gasteiger partial charge is 0.486 e. The second-order valence-corrected chi connectivity index (χ2v) is 5.43. The third-order valence-corrected chi connectivity index (χ3v) is 3.50. The van der Waals surface area contributed by atoms with Crippen molar-refractivity contribution in [2.75, 3.05) is 7.11 Å². The van der Waals surface area contributed by atoms with Gasteiger partial charge in [0, 0.05) is 5.02 Å². The third-order valence-electron chi connectivity index (χ3n) is 2.72. The van der Waals surface area contributed by atoms with Crippen LogP contribution in [0.4, 0.5) is 0 Å². The molecule has 3 nitrogen and oxygen atoms in total. The monoisotopic (exact) mass is 344 g/mol. The minimum atomic E-state index is -0.383. The van der Waals surface area contributed by atoms with Crippen molar-refractivity contribution in [2.45, 2.75) is 6.61 Å². The van der Waals surface area contributed by atoms with Gasteiger partial charge in [0.05, 0.1) is 22.7 Å². The molecule has 0 heterocycles. The minimum absolute atomic E-state index is 0.266. The molecule has 0 N–H and O–H groups in total. The van der Waals surface area contributed by atoms with Gasteiger partial charge < -0.3 is 9.47 Å². The van der Waals surface area contributed by atoms with E-state index in [4.69, 9.17) is 39.5 Å². The molecule has 0 aliphatic heterocycles. The van der Waals surface area contributed by atoms with E-state index in [0.717, 1.165) is 5.56 Å². The summed E-state index contributed by atoms with van der Waals surface area (Å²) in [4.78, 5) is 11.3. The van der Waals surface area contributed by atoms with E-state index in [1.165, 1.54) is 7.11 Å². The van der Waals surface area contributed by atoms with E-state index >= 15 is 0 Å². The maximum atomic E-state index is 11.3. The quantitative estimate of drug-likeness (QED) is 0.730. The molecule has 0 saturated carbocycles. The SMILES string of the molecule is COC(=O)c1ccc(COc2c(Cl)cc(Cl)cc2Cl)cc1. The molecule has 0 spiro atoms. The fourth-order valence-corrected chi connectivity index (χ4v) is 2.60. The van der Waals surface area contributed by atoms with Crippen LogP contribution in [0.15, 0.2) is 36.4 Å². The molecule has 0 fully saturated rings. The fourth-order valence-electron chi connectivity index (χ4n) is 1.68. The number of hydrogen-bond donors (Lipinski definition) is 0. The van der Waals surface area contributed by atoms with Crippen LogP contribution >= 0.6 is 34.8 Å². The van der Waals surface area contributed by atoms with Crippen molar-refractivity contribution in [1.82, 2.24) is 0 Å². The zero-order chi connectivity index (χ0) is 15.4. The lowest BCUT2D eigenvalue weighted by Gasteiger charge is -2.10. The first-order chi connectivity index (χ1) is 10.0. The van der Waals surface area contributed by atoms with Crippen LogP contribution in [0.25, 0.3) is 0 Å². The van der Waals surface area contributed by atoms with Crippen LogP contribution in [-0.4, -0.2) is 13.1 Å². The molecule has 0 saturated heterocycles. The van der Waals surface area contributed by atoms with Crippen molar-refractivity contribution >= 4 is 40.8 Å². The summed E-state index contributed by atoms with van der Waals surface area (Å²) in [6.07, 6.45) is 0. The molecular formula is C15H11Cl3O3. The first-order valence-corrected chi connectivity index (χ1v) is 7.09. The molecule has 0 aliphatic rings. The highest BCUT2D eigenvalue weighted by Crippen LogP contribution is 2.36. The molecule has 110 valence electrons. The summed E-state index contributed by atoms with van der Waals surface area (Å²) in [5, 5.41) is 1.14. The summed E-state index contributed by atoms with van der Waals surface area (Å²) in [6.45, 7) is 0.266. The van der Waals surface area contributed by atoms with E-state index in [2.05, 4.69) is 4.74 Å². The van der Waals surface area contributed by atoms with Crippen LogP contribution in [0, 0.1) is 0 Å². The topological polar surface area (TPSA) is 35.5 Å².